The molecule has 1 aliphatic heterocycles. The average Bonchev–Trinajstić information content (AvgIpc) is 3.54. The third-order valence-electron chi connectivity index (χ3n) is 5.54. The molecule has 0 unspecified atom stereocenters. The molecular weight excluding hydrogens is 364 g/mol. The second-order valence-corrected chi connectivity index (χ2v) is 7.99. The fourth-order valence-corrected chi connectivity index (χ4v) is 3.69. The van der Waals surface area contributed by atoms with Crippen LogP contribution in [0.5, 0.6) is 0 Å². The summed E-state index contributed by atoms with van der Waals surface area (Å²) in [6, 6.07) is 15.9. The molecule has 1 saturated heterocycles. The summed E-state index contributed by atoms with van der Waals surface area (Å²) in [4.78, 5) is 27.1. The van der Waals surface area contributed by atoms with Crippen molar-refractivity contribution < 1.29 is 9.59 Å². The first-order valence-corrected chi connectivity index (χ1v) is 10.4. The topological polar surface area (TPSA) is 73.5 Å². The van der Waals surface area contributed by atoms with Crippen molar-refractivity contribution in [1.82, 2.24) is 10.6 Å². The normalized spacial score (nSPS) is 16.9. The molecule has 2 aromatic rings. The third-order valence-corrected chi connectivity index (χ3v) is 5.54. The van der Waals surface area contributed by atoms with Crippen molar-refractivity contribution >= 4 is 23.3 Å². The Labute approximate surface area is 171 Å². The predicted octanol–water partition coefficient (Wildman–Crippen LogP) is 3.68. The molecule has 1 saturated carbocycles. The number of hydrogen-bond acceptors (Lipinski definition) is 3. The molecule has 0 radical (unpaired) electrons. The molecule has 1 aliphatic carbocycles. The van der Waals surface area contributed by atoms with Crippen molar-refractivity contribution in [2.45, 2.75) is 44.7 Å². The van der Waals surface area contributed by atoms with E-state index in [1.165, 1.54) is 0 Å². The standard InChI is InChI=1S/C23H28N4O2/c1-16-6-8-18(9-7-16)25-23(29)26-19-12-14-27(15-13-19)21-5-3-2-4-20(21)22(28)24-17-10-11-17/h2-9,17,19H,10-15H2,1H3,(H,24,28)(H2,25,26,29). The van der Waals surface area contributed by atoms with E-state index in [9.17, 15) is 9.59 Å². The summed E-state index contributed by atoms with van der Waals surface area (Å²) in [7, 11) is 0. The highest BCUT2D eigenvalue weighted by molar-refractivity contribution is 6.00. The quantitative estimate of drug-likeness (QED) is 0.727. The molecule has 6 heteroatoms. The first-order valence-electron chi connectivity index (χ1n) is 10.4. The molecular formula is C23H28N4O2. The maximum atomic E-state index is 12.6. The SMILES string of the molecule is Cc1ccc(NC(=O)NC2CCN(c3ccccc3C(=O)NC3CC3)CC2)cc1. The molecule has 0 aromatic heterocycles. The predicted molar refractivity (Wildman–Crippen MR) is 115 cm³/mol. The van der Waals surface area contributed by atoms with Gasteiger partial charge in [0.05, 0.1) is 5.56 Å². The molecule has 152 valence electrons. The van der Waals surface area contributed by atoms with Crippen molar-refractivity contribution in [2.75, 3.05) is 23.3 Å². The minimum atomic E-state index is -0.170. The number of urea groups is 1. The highest BCUT2D eigenvalue weighted by atomic mass is 16.2. The first kappa shape index (κ1) is 19.3. The van der Waals surface area contributed by atoms with Crippen LogP contribution in [-0.2, 0) is 0 Å². The monoisotopic (exact) mass is 392 g/mol. The summed E-state index contributed by atoms with van der Waals surface area (Å²) in [6.07, 6.45) is 3.85. The van der Waals surface area contributed by atoms with Crippen LogP contribution in [0.25, 0.3) is 0 Å². The van der Waals surface area contributed by atoms with Crippen molar-refractivity contribution in [3.8, 4) is 0 Å². The van der Waals surface area contributed by atoms with Gasteiger partial charge in [0.1, 0.15) is 0 Å². The molecule has 0 atom stereocenters. The maximum absolute atomic E-state index is 12.6. The van der Waals surface area contributed by atoms with Gasteiger partial charge in [0, 0.05) is 36.5 Å². The largest absolute Gasteiger partial charge is 0.371 e. The van der Waals surface area contributed by atoms with Crippen molar-refractivity contribution in [2.24, 2.45) is 0 Å². The van der Waals surface area contributed by atoms with E-state index in [1.807, 2.05) is 55.5 Å². The van der Waals surface area contributed by atoms with E-state index in [-0.39, 0.29) is 18.0 Å². The van der Waals surface area contributed by atoms with Gasteiger partial charge in [-0.15, -0.1) is 0 Å². The molecule has 2 fully saturated rings. The van der Waals surface area contributed by atoms with Gasteiger partial charge in [-0.25, -0.2) is 4.79 Å². The lowest BCUT2D eigenvalue weighted by Crippen LogP contribution is -2.46. The second kappa shape index (κ2) is 8.55. The molecule has 3 amide bonds. The van der Waals surface area contributed by atoms with E-state index in [1.54, 1.807) is 0 Å². The third kappa shape index (κ3) is 5.08. The van der Waals surface area contributed by atoms with E-state index < -0.39 is 0 Å². The Morgan fingerprint density at radius 1 is 0.862 bits per heavy atom. The number of hydrogen-bond donors (Lipinski definition) is 3. The number of carbonyl (C=O) groups excluding carboxylic acids is 2. The van der Waals surface area contributed by atoms with Crippen LogP contribution in [0, 0.1) is 6.92 Å². The van der Waals surface area contributed by atoms with E-state index in [2.05, 4.69) is 20.9 Å². The lowest BCUT2D eigenvalue weighted by molar-refractivity contribution is 0.0951. The maximum Gasteiger partial charge on any atom is 0.319 e. The van der Waals surface area contributed by atoms with Gasteiger partial charge in [-0.2, -0.15) is 0 Å². The van der Waals surface area contributed by atoms with Gasteiger partial charge in [0.2, 0.25) is 0 Å². The minimum Gasteiger partial charge on any atom is -0.371 e. The summed E-state index contributed by atoms with van der Waals surface area (Å²) >= 11 is 0. The second-order valence-electron chi connectivity index (χ2n) is 7.99. The number of anilines is 2. The Hall–Kier alpha value is -3.02. The lowest BCUT2D eigenvalue weighted by atomic mass is 10.0. The van der Waals surface area contributed by atoms with Crippen LogP contribution in [0.15, 0.2) is 48.5 Å². The number of nitrogens with one attached hydrogen (secondary N) is 3. The first-order chi connectivity index (χ1) is 14.1. The van der Waals surface area contributed by atoms with Gasteiger partial charge in [-0.1, -0.05) is 29.8 Å². The molecule has 0 bridgehead atoms. The number of piperidine rings is 1. The smallest absolute Gasteiger partial charge is 0.319 e. The molecule has 1 heterocycles. The number of rotatable bonds is 5. The lowest BCUT2D eigenvalue weighted by Gasteiger charge is -2.34. The fraction of sp³-hybridized carbons (Fsp3) is 0.391. The summed E-state index contributed by atoms with van der Waals surface area (Å²) in [5.41, 5.74) is 3.67. The minimum absolute atomic E-state index is 0.0147. The van der Waals surface area contributed by atoms with Crippen molar-refractivity contribution in [3.05, 3.63) is 59.7 Å². The van der Waals surface area contributed by atoms with Crippen LogP contribution in [-0.4, -0.2) is 37.1 Å². The van der Waals surface area contributed by atoms with Crippen LogP contribution in [0.3, 0.4) is 0 Å². The van der Waals surface area contributed by atoms with Crippen LogP contribution < -0.4 is 20.9 Å². The van der Waals surface area contributed by atoms with Gasteiger partial charge in [0.15, 0.2) is 0 Å². The van der Waals surface area contributed by atoms with E-state index in [4.69, 9.17) is 0 Å². The molecule has 3 N–H and O–H groups in total. The number of benzene rings is 2. The van der Waals surface area contributed by atoms with E-state index in [0.717, 1.165) is 61.3 Å². The highest BCUT2D eigenvalue weighted by Gasteiger charge is 2.27. The number of para-hydroxylation sites is 1. The summed E-state index contributed by atoms with van der Waals surface area (Å²) < 4.78 is 0. The van der Waals surface area contributed by atoms with Crippen LogP contribution in [0.2, 0.25) is 0 Å². The molecule has 2 aromatic carbocycles. The molecule has 4 rings (SSSR count). The van der Waals surface area contributed by atoms with Crippen LogP contribution in [0.4, 0.5) is 16.2 Å². The van der Waals surface area contributed by atoms with Crippen molar-refractivity contribution in [3.63, 3.8) is 0 Å². The highest BCUT2D eigenvalue weighted by Crippen LogP contribution is 2.26. The zero-order chi connectivity index (χ0) is 20.2. The summed E-state index contributed by atoms with van der Waals surface area (Å²) in [5.74, 6) is 0.0147. The van der Waals surface area contributed by atoms with E-state index >= 15 is 0 Å². The molecule has 29 heavy (non-hydrogen) atoms. The summed E-state index contributed by atoms with van der Waals surface area (Å²) in [6.45, 7) is 3.64. The van der Waals surface area contributed by atoms with Crippen LogP contribution >= 0.6 is 0 Å². The molecule has 2 aliphatic rings. The van der Waals surface area contributed by atoms with Gasteiger partial charge in [-0.3, -0.25) is 4.79 Å². The fourth-order valence-electron chi connectivity index (χ4n) is 3.69. The molecule has 0 spiro atoms. The van der Waals surface area contributed by atoms with E-state index in [0.29, 0.717) is 6.04 Å². The van der Waals surface area contributed by atoms with Crippen molar-refractivity contribution in [1.29, 1.82) is 0 Å². The molecule has 6 nitrogen and oxygen atoms in total. The number of aryl methyl sites for hydroxylation is 1. The Morgan fingerprint density at radius 3 is 2.21 bits per heavy atom. The zero-order valence-electron chi connectivity index (χ0n) is 16.8. The Morgan fingerprint density at radius 2 is 1.52 bits per heavy atom. The van der Waals surface area contributed by atoms with Crippen LogP contribution in [0.1, 0.15) is 41.6 Å². The van der Waals surface area contributed by atoms with Gasteiger partial charge in [-0.05, 0) is 56.9 Å². The Balaban J connectivity index is 1.31. The number of carbonyl (C=O) groups is 2. The summed E-state index contributed by atoms with van der Waals surface area (Å²) in [5, 5.41) is 9.04. The number of nitrogens with zero attached hydrogens (tertiary/aromatic N) is 1. The zero-order valence-corrected chi connectivity index (χ0v) is 16.8. The number of amides is 3. The van der Waals surface area contributed by atoms with Gasteiger partial charge >= 0.3 is 6.03 Å². The van der Waals surface area contributed by atoms with Gasteiger partial charge in [0.25, 0.3) is 5.91 Å². The Bertz CT molecular complexity index is 869. The average molecular weight is 393 g/mol. The Kier molecular flexibility index (Phi) is 5.69. The van der Waals surface area contributed by atoms with Gasteiger partial charge < -0.3 is 20.9 Å².